The highest BCUT2D eigenvalue weighted by molar-refractivity contribution is 5.93. The third-order valence-corrected chi connectivity index (χ3v) is 4.24. The topological polar surface area (TPSA) is 60.3 Å². The molecule has 5 heteroatoms. The molecule has 0 spiro atoms. The number of aromatic nitrogens is 1. The van der Waals surface area contributed by atoms with Crippen LogP contribution in [0.4, 0.5) is 10.5 Å². The van der Waals surface area contributed by atoms with Crippen LogP contribution in [0.3, 0.4) is 0 Å². The summed E-state index contributed by atoms with van der Waals surface area (Å²) in [5, 5.41) is 4.28. The molecule has 0 fully saturated rings. The van der Waals surface area contributed by atoms with Crippen molar-refractivity contribution in [3.8, 4) is 0 Å². The fourth-order valence-electron chi connectivity index (χ4n) is 3.30. The lowest BCUT2D eigenvalue weighted by Crippen LogP contribution is -2.26. The Bertz CT molecular complexity index is 898. The van der Waals surface area contributed by atoms with Crippen molar-refractivity contribution in [2.45, 2.75) is 53.1 Å². The molecule has 1 N–H and O–H groups in total. The number of carbonyl (C=O) groups excluding carboxylic acids is 2. The zero-order valence-electron chi connectivity index (χ0n) is 16.1. The summed E-state index contributed by atoms with van der Waals surface area (Å²) in [7, 11) is 0. The summed E-state index contributed by atoms with van der Waals surface area (Å²) in [5.41, 5.74) is 2.05. The van der Waals surface area contributed by atoms with Gasteiger partial charge in [0.2, 0.25) is 0 Å². The highest BCUT2D eigenvalue weighted by Gasteiger charge is 2.27. The van der Waals surface area contributed by atoms with Crippen LogP contribution in [-0.2, 0) is 9.53 Å². The van der Waals surface area contributed by atoms with Crippen molar-refractivity contribution in [1.29, 1.82) is 0 Å². The van der Waals surface area contributed by atoms with Crippen molar-refractivity contribution in [2.24, 2.45) is 5.41 Å². The molecule has 0 saturated carbocycles. The predicted molar refractivity (Wildman–Crippen MR) is 103 cm³/mol. The number of nitrogens with zero attached hydrogens (tertiary/aromatic N) is 1. The number of anilines is 1. The third-order valence-electron chi connectivity index (χ3n) is 4.24. The van der Waals surface area contributed by atoms with E-state index < -0.39 is 11.7 Å². The van der Waals surface area contributed by atoms with Crippen molar-refractivity contribution in [3.63, 3.8) is 0 Å². The zero-order chi connectivity index (χ0) is 19.1. The van der Waals surface area contributed by atoms with Gasteiger partial charge in [0.15, 0.2) is 5.78 Å². The lowest BCUT2D eigenvalue weighted by Gasteiger charge is -2.29. The van der Waals surface area contributed by atoms with Crippen molar-refractivity contribution < 1.29 is 14.3 Å². The average molecular weight is 354 g/mol. The van der Waals surface area contributed by atoms with Crippen LogP contribution < -0.4 is 5.32 Å². The lowest BCUT2D eigenvalue weighted by molar-refractivity contribution is -0.117. The second-order valence-corrected chi connectivity index (χ2v) is 8.72. The summed E-state index contributed by atoms with van der Waals surface area (Å²) in [5.74, 6) is 0.154. The van der Waals surface area contributed by atoms with Gasteiger partial charge in [-0.25, -0.2) is 4.79 Å². The van der Waals surface area contributed by atoms with E-state index in [1.54, 1.807) is 12.3 Å². The Morgan fingerprint density at radius 2 is 1.92 bits per heavy atom. The van der Waals surface area contributed by atoms with Gasteiger partial charge < -0.3 is 10.1 Å². The molecular weight excluding hydrogens is 328 g/mol. The number of benzene rings is 1. The van der Waals surface area contributed by atoms with Gasteiger partial charge in [0, 0.05) is 35.5 Å². The Balaban J connectivity index is 1.83. The van der Waals surface area contributed by atoms with Crippen LogP contribution in [0.1, 0.15) is 47.5 Å². The van der Waals surface area contributed by atoms with E-state index >= 15 is 0 Å². The molecule has 26 heavy (non-hydrogen) atoms. The molecule has 1 aromatic heterocycles. The fraction of sp³-hybridized carbons (Fsp3) is 0.429. The van der Waals surface area contributed by atoms with Crippen LogP contribution in [0.25, 0.3) is 10.9 Å². The Morgan fingerprint density at radius 1 is 1.19 bits per heavy atom. The van der Waals surface area contributed by atoms with E-state index in [2.05, 4.69) is 19.2 Å². The van der Waals surface area contributed by atoms with Crippen LogP contribution in [0, 0.1) is 5.41 Å². The first-order valence-corrected chi connectivity index (χ1v) is 8.87. The number of hydrogen-bond acceptors (Lipinski definition) is 4. The van der Waals surface area contributed by atoms with Crippen LogP contribution in [-0.4, -0.2) is 22.0 Å². The van der Waals surface area contributed by atoms with Crippen molar-refractivity contribution >= 4 is 28.5 Å². The van der Waals surface area contributed by atoms with Gasteiger partial charge in [-0.05, 0) is 56.9 Å². The van der Waals surface area contributed by atoms with Gasteiger partial charge in [0.1, 0.15) is 5.60 Å². The van der Waals surface area contributed by atoms with E-state index in [1.165, 1.54) is 4.57 Å². The number of carbonyl (C=O) groups is 2. The molecule has 1 aliphatic rings. The van der Waals surface area contributed by atoms with Gasteiger partial charge in [0.25, 0.3) is 0 Å². The van der Waals surface area contributed by atoms with Crippen LogP contribution in [0.15, 0.2) is 42.2 Å². The zero-order valence-corrected chi connectivity index (χ0v) is 16.1. The SMILES string of the molecule is CC1(C)CC(=O)C=C(Nc2ccc3c(ccn3C(=O)OC(C)(C)C)c2)C1. The molecule has 1 aliphatic carbocycles. The summed E-state index contributed by atoms with van der Waals surface area (Å²) in [6.07, 6.45) is 4.43. The molecule has 0 amide bonds. The standard InChI is InChI=1S/C21H26N2O3/c1-20(2,3)26-19(25)23-9-8-14-10-15(6-7-18(14)23)22-16-11-17(24)13-21(4,5)12-16/h6-11,22H,12-13H2,1-5H3. The number of ether oxygens (including phenoxy) is 1. The molecule has 5 nitrogen and oxygen atoms in total. The van der Waals surface area contributed by atoms with E-state index in [4.69, 9.17) is 4.74 Å². The van der Waals surface area contributed by atoms with E-state index in [0.717, 1.165) is 28.7 Å². The molecule has 0 atom stereocenters. The molecule has 1 heterocycles. The first-order valence-electron chi connectivity index (χ1n) is 8.87. The van der Waals surface area contributed by atoms with Crippen LogP contribution in [0.2, 0.25) is 0 Å². The highest BCUT2D eigenvalue weighted by Crippen LogP contribution is 2.34. The first-order chi connectivity index (χ1) is 12.0. The smallest absolute Gasteiger partial charge is 0.418 e. The Hall–Kier alpha value is -2.56. The van der Waals surface area contributed by atoms with Gasteiger partial charge in [0.05, 0.1) is 5.52 Å². The molecular formula is C21H26N2O3. The molecule has 0 bridgehead atoms. The van der Waals surface area contributed by atoms with Gasteiger partial charge in [-0.3, -0.25) is 9.36 Å². The minimum absolute atomic E-state index is 0.0295. The summed E-state index contributed by atoms with van der Waals surface area (Å²) in [6, 6.07) is 7.66. The monoisotopic (exact) mass is 354 g/mol. The minimum atomic E-state index is -0.540. The summed E-state index contributed by atoms with van der Waals surface area (Å²) >= 11 is 0. The number of allylic oxidation sites excluding steroid dienone is 2. The van der Waals surface area contributed by atoms with Crippen LogP contribution >= 0.6 is 0 Å². The maximum absolute atomic E-state index is 12.3. The normalized spacial score (nSPS) is 17.1. The molecule has 0 saturated heterocycles. The quantitative estimate of drug-likeness (QED) is 0.814. The number of fused-ring (bicyclic) bond motifs is 1. The van der Waals surface area contributed by atoms with Gasteiger partial charge in [-0.1, -0.05) is 13.8 Å². The number of rotatable bonds is 2. The maximum Gasteiger partial charge on any atom is 0.418 e. The Morgan fingerprint density at radius 3 is 2.58 bits per heavy atom. The van der Waals surface area contributed by atoms with Gasteiger partial charge in [-0.2, -0.15) is 0 Å². The van der Waals surface area contributed by atoms with E-state index in [-0.39, 0.29) is 11.2 Å². The molecule has 2 aromatic rings. The largest absolute Gasteiger partial charge is 0.443 e. The number of nitrogens with one attached hydrogen (secondary N) is 1. The van der Waals surface area contributed by atoms with Crippen molar-refractivity contribution in [1.82, 2.24) is 4.57 Å². The molecule has 0 radical (unpaired) electrons. The maximum atomic E-state index is 12.3. The Labute approximate surface area is 154 Å². The van der Waals surface area contributed by atoms with Gasteiger partial charge >= 0.3 is 6.09 Å². The van der Waals surface area contributed by atoms with Crippen molar-refractivity contribution in [2.75, 3.05) is 5.32 Å². The summed E-state index contributed by atoms with van der Waals surface area (Å²) < 4.78 is 6.95. The molecule has 1 aromatic carbocycles. The van der Waals surface area contributed by atoms with Crippen molar-refractivity contribution in [3.05, 3.63) is 42.2 Å². The molecule has 0 unspecified atom stereocenters. The molecule has 3 rings (SSSR count). The fourth-order valence-corrected chi connectivity index (χ4v) is 3.30. The third kappa shape index (κ3) is 4.15. The van der Waals surface area contributed by atoms with Gasteiger partial charge in [-0.15, -0.1) is 0 Å². The first kappa shape index (κ1) is 18.2. The summed E-state index contributed by atoms with van der Waals surface area (Å²) in [6.45, 7) is 9.74. The minimum Gasteiger partial charge on any atom is -0.443 e. The summed E-state index contributed by atoms with van der Waals surface area (Å²) in [4.78, 5) is 24.2. The molecule has 138 valence electrons. The van der Waals surface area contributed by atoms with E-state index in [1.807, 2.05) is 45.0 Å². The number of hydrogen-bond donors (Lipinski definition) is 1. The number of ketones is 1. The second kappa shape index (κ2) is 6.31. The predicted octanol–water partition coefficient (Wildman–Crippen LogP) is 5.11. The second-order valence-electron chi connectivity index (χ2n) is 8.72. The highest BCUT2D eigenvalue weighted by atomic mass is 16.6. The lowest BCUT2D eigenvalue weighted by atomic mass is 9.79. The average Bonchev–Trinajstić information content (AvgIpc) is 2.86. The van der Waals surface area contributed by atoms with Crippen LogP contribution in [0.5, 0.6) is 0 Å². The van der Waals surface area contributed by atoms with E-state index in [9.17, 15) is 9.59 Å². The van der Waals surface area contributed by atoms with E-state index in [0.29, 0.717) is 6.42 Å². The Kier molecular flexibility index (Phi) is 4.42. The molecule has 0 aliphatic heterocycles.